The van der Waals surface area contributed by atoms with Gasteiger partial charge < -0.3 is 10.6 Å². The van der Waals surface area contributed by atoms with Crippen LogP contribution in [0, 0.1) is 5.92 Å². The van der Waals surface area contributed by atoms with Crippen LogP contribution in [-0.4, -0.2) is 29.8 Å². The van der Waals surface area contributed by atoms with Crippen molar-refractivity contribution in [1.29, 1.82) is 0 Å². The van der Waals surface area contributed by atoms with Crippen LogP contribution < -0.4 is 10.6 Å². The number of aromatic nitrogens is 2. The summed E-state index contributed by atoms with van der Waals surface area (Å²) < 4.78 is 37.3. The Morgan fingerprint density at radius 3 is 2.78 bits per heavy atom. The van der Waals surface area contributed by atoms with Gasteiger partial charge in [0.25, 0.3) is 0 Å². The Morgan fingerprint density at radius 2 is 2.17 bits per heavy atom. The molecule has 0 aromatic carbocycles. The highest BCUT2D eigenvalue weighted by atomic mass is 32.1. The maximum Gasteiger partial charge on any atom is 0.445 e. The molecule has 1 aromatic rings. The van der Waals surface area contributed by atoms with E-state index in [1.54, 1.807) is 0 Å². The minimum atomic E-state index is -4.40. The summed E-state index contributed by atoms with van der Waals surface area (Å²) >= 11 is 0.614. The SMILES string of the molecule is NCCC1CCCN(c2nnc(C(F)(F)F)s2)C1. The zero-order valence-corrected chi connectivity index (χ0v) is 10.6. The molecule has 2 rings (SSSR count). The van der Waals surface area contributed by atoms with Gasteiger partial charge in [0.1, 0.15) is 0 Å². The number of anilines is 1. The fourth-order valence-corrected chi connectivity index (χ4v) is 2.91. The molecule has 1 atom stereocenters. The van der Waals surface area contributed by atoms with E-state index < -0.39 is 11.2 Å². The van der Waals surface area contributed by atoms with E-state index in [1.165, 1.54) is 0 Å². The molecule has 18 heavy (non-hydrogen) atoms. The molecule has 8 heteroatoms. The summed E-state index contributed by atoms with van der Waals surface area (Å²) in [6.45, 7) is 2.08. The predicted octanol–water partition coefficient (Wildman–Crippen LogP) is 2.12. The highest BCUT2D eigenvalue weighted by molar-refractivity contribution is 7.15. The van der Waals surface area contributed by atoms with Crippen LogP contribution in [0.4, 0.5) is 18.3 Å². The lowest BCUT2D eigenvalue weighted by Crippen LogP contribution is -2.36. The van der Waals surface area contributed by atoms with Crippen molar-refractivity contribution in [3.63, 3.8) is 0 Å². The predicted molar refractivity (Wildman–Crippen MR) is 63.5 cm³/mol. The average molecular weight is 280 g/mol. The van der Waals surface area contributed by atoms with Gasteiger partial charge in [-0.2, -0.15) is 13.2 Å². The number of rotatable bonds is 3. The van der Waals surface area contributed by atoms with Gasteiger partial charge >= 0.3 is 6.18 Å². The standard InChI is InChI=1S/C10H15F3N4S/c11-10(12,13)8-15-16-9(18-8)17-5-1-2-7(6-17)3-4-14/h7H,1-6,14H2. The zero-order chi connectivity index (χ0) is 13.2. The lowest BCUT2D eigenvalue weighted by atomic mass is 9.95. The number of alkyl halides is 3. The molecule has 1 aliphatic heterocycles. The number of nitrogens with zero attached hydrogens (tertiary/aromatic N) is 3. The molecule has 0 spiro atoms. The third-order valence-corrected chi connectivity index (χ3v) is 4.05. The van der Waals surface area contributed by atoms with Crippen molar-refractivity contribution >= 4 is 16.5 Å². The summed E-state index contributed by atoms with van der Waals surface area (Å²) in [6, 6.07) is 0. The highest BCUT2D eigenvalue weighted by Gasteiger charge is 2.36. The van der Waals surface area contributed by atoms with Crippen molar-refractivity contribution in [2.45, 2.75) is 25.4 Å². The summed E-state index contributed by atoms with van der Waals surface area (Å²) in [7, 11) is 0. The van der Waals surface area contributed by atoms with Crippen molar-refractivity contribution < 1.29 is 13.2 Å². The monoisotopic (exact) mass is 280 g/mol. The van der Waals surface area contributed by atoms with Crippen LogP contribution in [0.3, 0.4) is 0 Å². The number of halogens is 3. The van der Waals surface area contributed by atoms with Crippen molar-refractivity contribution in [2.24, 2.45) is 11.7 Å². The minimum Gasteiger partial charge on any atom is -0.346 e. The molecule has 1 saturated heterocycles. The van der Waals surface area contributed by atoms with E-state index in [2.05, 4.69) is 10.2 Å². The maximum atomic E-state index is 12.4. The van der Waals surface area contributed by atoms with E-state index in [0.717, 1.165) is 32.4 Å². The van der Waals surface area contributed by atoms with Gasteiger partial charge in [0, 0.05) is 13.1 Å². The summed E-state index contributed by atoms with van der Waals surface area (Å²) in [5, 5.41) is 6.34. The molecule has 4 nitrogen and oxygen atoms in total. The van der Waals surface area contributed by atoms with Gasteiger partial charge in [0.2, 0.25) is 10.1 Å². The molecule has 0 amide bonds. The minimum absolute atomic E-state index is 0.365. The Hall–Kier alpha value is -0.890. The number of nitrogens with two attached hydrogens (primary N) is 1. The molecule has 0 radical (unpaired) electrons. The van der Waals surface area contributed by atoms with Crippen LogP contribution in [-0.2, 0) is 6.18 Å². The van der Waals surface area contributed by atoms with E-state index in [-0.39, 0.29) is 0 Å². The average Bonchev–Trinajstić information content (AvgIpc) is 2.78. The first-order valence-electron chi connectivity index (χ1n) is 5.86. The first kappa shape index (κ1) is 13.5. The van der Waals surface area contributed by atoms with Gasteiger partial charge in [0.05, 0.1) is 0 Å². The Bertz CT molecular complexity index is 391. The molecule has 2 N–H and O–H groups in total. The van der Waals surface area contributed by atoms with Gasteiger partial charge in [0.15, 0.2) is 0 Å². The van der Waals surface area contributed by atoms with Gasteiger partial charge in [-0.15, -0.1) is 10.2 Å². The number of hydrogen-bond acceptors (Lipinski definition) is 5. The lowest BCUT2D eigenvalue weighted by molar-refractivity contribution is -0.138. The van der Waals surface area contributed by atoms with Gasteiger partial charge in [-0.3, -0.25) is 0 Å². The van der Waals surface area contributed by atoms with E-state index in [4.69, 9.17) is 5.73 Å². The smallest absolute Gasteiger partial charge is 0.346 e. The zero-order valence-electron chi connectivity index (χ0n) is 9.78. The van der Waals surface area contributed by atoms with Crippen LogP contribution >= 0.6 is 11.3 Å². The van der Waals surface area contributed by atoms with Crippen molar-refractivity contribution in [3.05, 3.63) is 5.01 Å². The van der Waals surface area contributed by atoms with E-state index in [9.17, 15) is 13.2 Å². The number of piperidine rings is 1. The second kappa shape index (κ2) is 5.40. The molecule has 1 aliphatic rings. The quantitative estimate of drug-likeness (QED) is 0.921. The molecule has 1 fully saturated rings. The van der Waals surface area contributed by atoms with Crippen LogP contribution in [0.15, 0.2) is 0 Å². The van der Waals surface area contributed by atoms with E-state index in [1.807, 2.05) is 4.90 Å². The van der Waals surface area contributed by atoms with Gasteiger partial charge in [-0.1, -0.05) is 11.3 Å². The fraction of sp³-hybridized carbons (Fsp3) is 0.800. The van der Waals surface area contributed by atoms with Crippen LogP contribution in [0.2, 0.25) is 0 Å². The molecule has 2 heterocycles. The molecule has 1 aromatic heterocycles. The lowest BCUT2D eigenvalue weighted by Gasteiger charge is -2.31. The van der Waals surface area contributed by atoms with Crippen molar-refractivity contribution in [1.82, 2.24) is 10.2 Å². The number of hydrogen-bond donors (Lipinski definition) is 1. The van der Waals surface area contributed by atoms with E-state index >= 15 is 0 Å². The fourth-order valence-electron chi connectivity index (χ4n) is 2.17. The molecular formula is C10H15F3N4S. The van der Waals surface area contributed by atoms with Crippen LogP contribution in [0.5, 0.6) is 0 Å². The van der Waals surface area contributed by atoms with Crippen molar-refractivity contribution in [2.75, 3.05) is 24.5 Å². The van der Waals surface area contributed by atoms with Gasteiger partial charge in [-0.25, -0.2) is 0 Å². The summed E-state index contributed by atoms with van der Waals surface area (Å²) in [6.07, 6.45) is -1.45. The normalized spacial score (nSPS) is 21.3. The summed E-state index contributed by atoms with van der Waals surface area (Å²) in [4.78, 5) is 1.89. The Labute approximate surface area is 107 Å². The van der Waals surface area contributed by atoms with Gasteiger partial charge in [-0.05, 0) is 31.7 Å². The van der Waals surface area contributed by atoms with Crippen LogP contribution in [0.25, 0.3) is 0 Å². The Balaban J connectivity index is 2.05. The molecule has 0 aliphatic carbocycles. The second-order valence-electron chi connectivity index (χ2n) is 4.42. The molecule has 0 bridgehead atoms. The maximum absolute atomic E-state index is 12.4. The highest BCUT2D eigenvalue weighted by Crippen LogP contribution is 2.35. The van der Waals surface area contributed by atoms with E-state index in [0.29, 0.717) is 28.9 Å². The Kier molecular flexibility index (Phi) is 4.06. The topological polar surface area (TPSA) is 55.0 Å². The summed E-state index contributed by atoms with van der Waals surface area (Å²) in [5.41, 5.74) is 5.51. The molecule has 0 saturated carbocycles. The summed E-state index contributed by atoms with van der Waals surface area (Å²) in [5.74, 6) is 0.446. The second-order valence-corrected chi connectivity index (χ2v) is 5.38. The molecule has 1 unspecified atom stereocenters. The molecular weight excluding hydrogens is 265 g/mol. The largest absolute Gasteiger partial charge is 0.445 e. The first-order chi connectivity index (χ1) is 8.50. The molecule has 102 valence electrons. The third kappa shape index (κ3) is 3.11. The van der Waals surface area contributed by atoms with Crippen molar-refractivity contribution in [3.8, 4) is 0 Å². The first-order valence-corrected chi connectivity index (χ1v) is 6.68. The van der Waals surface area contributed by atoms with Crippen LogP contribution in [0.1, 0.15) is 24.3 Å². The Morgan fingerprint density at radius 1 is 1.39 bits per heavy atom. The third-order valence-electron chi connectivity index (χ3n) is 3.02.